The van der Waals surface area contributed by atoms with Gasteiger partial charge in [-0.15, -0.1) is 0 Å². The van der Waals surface area contributed by atoms with Gasteiger partial charge in [0.2, 0.25) is 15.9 Å². The monoisotopic (exact) mass is 423 g/mol. The SMILES string of the molecule is CCOc1ccc(NC(=O)CN2CCCCCCC2)cc1S(=O)(=O)N1CCCC1. The molecule has 2 aliphatic heterocycles. The Hall–Kier alpha value is -1.64. The minimum Gasteiger partial charge on any atom is -0.492 e. The molecule has 0 aliphatic carbocycles. The molecule has 0 aromatic heterocycles. The molecule has 0 spiro atoms. The van der Waals surface area contributed by atoms with E-state index in [-0.39, 0.29) is 10.8 Å². The van der Waals surface area contributed by atoms with Crippen molar-refractivity contribution in [1.29, 1.82) is 0 Å². The van der Waals surface area contributed by atoms with Crippen LogP contribution in [0, 0.1) is 0 Å². The Morgan fingerprint density at radius 2 is 1.62 bits per heavy atom. The predicted molar refractivity (Wildman–Crippen MR) is 114 cm³/mol. The largest absolute Gasteiger partial charge is 0.492 e. The molecule has 162 valence electrons. The Balaban J connectivity index is 1.73. The van der Waals surface area contributed by atoms with Crippen molar-refractivity contribution in [2.45, 2.75) is 56.8 Å². The summed E-state index contributed by atoms with van der Waals surface area (Å²) in [5.74, 6) is 0.223. The highest BCUT2D eigenvalue weighted by Crippen LogP contribution is 2.31. The zero-order valence-corrected chi connectivity index (χ0v) is 18.2. The van der Waals surface area contributed by atoms with Crippen LogP contribution in [0.15, 0.2) is 23.1 Å². The molecule has 7 nitrogen and oxygen atoms in total. The lowest BCUT2D eigenvalue weighted by atomic mass is 10.1. The van der Waals surface area contributed by atoms with Crippen LogP contribution in [0.4, 0.5) is 5.69 Å². The van der Waals surface area contributed by atoms with Gasteiger partial charge in [0.1, 0.15) is 10.6 Å². The Labute approximate surface area is 174 Å². The molecule has 29 heavy (non-hydrogen) atoms. The van der Waals surface area contributed by atoms with E-state index in [4.69, 9.17) is 4.74 Å². The highest BCUT2D eigenvalue weighted by molar-refractivity contribution is 7.89. The molecular weight excluding hydrogens is 390 g/mol. The summed E-state index contributed by atoms with van der Waals surface area (Å²) in [5, 5.41) is 2.88. The quantitative estimate of drug-likeness (QED) is 0.729. The molecule has 8 heteroatoms. The maximum Gasteiger partial charge on any atom is 0.246 e. The van der Waals surface area contributed by atoms with E-state index in [2.05, 4.69) is 10.2 Å². The van der Waals surface area contributed by atoms with Crippen molar-refractivity contribution in [3.8, 4) is 5.75 Å². The van der Waals surface area contributed by atoms with Crippen molar-refractivity contribution in [3.63, 3.8) is 0 Å². The lowest BCUT2D eigenvalue weighted by Gasteiger charge is -2.24. The van der Waals surface area contributed by atoms with E-state index >= 15 is 0 Å². The number of anilines is 1. The van der Waals surface area contributed by atoms with Gasteiger partial charge >= 0.3 is 0 Å². The summed E-state index contributed by atoms with van der Waals surface area (Å²) in [6.45, 7) is 5.46. The number of sulfonamides is 1. The molecule has 0 radical (unpaired) electrons. The van der Waals surface area contributed by atoms with E-state index in [0.29, 0.717) is 37.7 Å². The Kier molecular flexibility index (Phi) is 7.91. The van der Waals surface area contributed by atoms with Crippen molar-refractivity contribution >= 4 is 21.6 Å². The summed E-state index contributed by atoms with van der Waals surface area (Å²) in [7, 11) is -3.64. The maximum absolute atomic E-state index is 13.1. The molecule has 1 amide bonds. The fourth-order valence-corrected chi connectivity index (χ4v) is 5.68. The molecular formula is C21H33N3O4S. The first-order valence-electron chi connectivity index (χ1n) is 10.8. The fourth-order valence-electron chi connectivity index (χ4n) is 4.00. The molecule has 0 bridgehead atoms. The number of nitrogens with zero attached hydrogens (tertiary/aromatic N) is 2. The number of ether oxygens (including phenoxy) is 1. The first kappa shape index (κ1) is 22.1. The Morgan fingerprint density at radius 3 is 2.28 bits per heavy atom. The van der Waals surface area contributed by atoms with E-state index < -0.39 is 10.0 Å². The minimum atomic E-state index is -3.64. The first-order chi connectivity index (χ1) is 14.0. The molecule has 2 heterocycles. The Bertz CT molecular complexity index is 783. The van der Waals surface area contributed by atoms with Gasteiger partial charge in [0.05, 0.1) is 13.2 Å². The van der Waals surface area contributed by atoms with Gasteiger partial charge in [-0.25, -0.2) is 8.42 Å². The average molecular weight is 424 g/mol. The van der Waals surface area contributed by atoms with Crippen LogP contribution in [0.3, 0.4) is 0 Å². The summed E-state index contributed by atoms with van der Waals surface area (Å²) >= 11 is 0. The number of benzene rings is 1. The zero-order valence-electron chi connectivity index (χ0n) is 17.4. The standard InChI is InChI=1S/C21H33N3O4S/c1-2-28-19-11-10-18(16-20(19)29(26,27)24-14-8-9-15-24)22-21(25)17-23-12-6-4-3-5-7-13-23/h10-11,16H,2-9,12-15,17H2,1H3,(H,22,25). The second-order valence-electron chi connectivity index (χ2n) is 7.80. The van der Waals surface area contributed by atoms with E-state index in [1.54, 1.807) is 12.1 Å². The zero-order chi connectivity index (χ0) is 20.7. The van der Waals surface area contributed by atoms with Gasteiger partial charge in [-0.2, -0.15) is 4.31 Å². The number of nitrogens with one attached hydrogen (secondary N) is 1. The molecule has 1 N–H and O–H groups in total. The molecule has 3 rings (SSSR count). The van der Waals surface area contributed by atoms with Gasteiger partial charge in [-0.05, 0) is 63.9 Å². The van der Waals surface area contributed by atoms with E-state index in [1.165, 1.54) is 29.6 Å². The van der Waals surface area contributed by atoms with Gasteiger partial charge in [0, 0.05) is 18.8 Å². The lowest BCUT2D eigenvalue weighted by molar-refractivity contribution is -0.117. The fraction of sp³-hybridized carbons (Fsp3) is 0.667. The summed E-state index contributed by atoms with van der Waals surface area (Å²) in [5.41, 5.74) is 0.489. The van der Waals surface area contributed by atoms with Crippen molar-refractivity contribution in [1.82, 2.24) is 9.21 Å². The van der Waals surface area contributed by atoms with E-state index in [9.17, 15) is 13.2 Å². The van der Waals surface area contributed by atoms with Crippen LogP contribution in [0.2, 0.25) is 0 Å². The van der Waals surface area contributed by atoms with Gasteiger partial charge in [0.25, 0.3) is 0 Å². The van der Waals surface area contributed by atoms with Crippen LogP contribution in [-0.2, 0) is 14.8 Å². The van der Waals surface area contributed by atoms with Crippen molar-refractivity contribution < 1.29 is 17.9 Å². The van der Waals surface area contributed by atoms with Gasteiger partial charge in [0.15, 0.2) is 0 Å². The topological polar surface area (TPSA) is 79.0 Å². The number of rotatable bonds is 7. The number of amides is 1. The third-order valence-corrected chi connectivity index (χ3v) is 7.45. The molecule has 0 atom stereocenters. The highest BCUT2D eigenvalue weighted by Gasteiger charge is 2.30. The second kappa shape index (κ2) is 10.4. The van der Waals surface area contributed by atoms with Gasteiger partial charge in [-0.1, -0.05) is 19.3 Å². The third-order valence-electron chi connectivity index (χ3n) is 5.53. The van der Waals surface area contributed by atoms with Crippen LogP contribution >= 0.6 is 0 Å². The van der Waals surface area contributed by atoms with Crippen LogP contribution < -0.4 is 10.1 Å². The summed E-state index contributed by atoms with van der Waals surface area (Å²) < 4.78 is 33.2. The number of carbonyl (C=O) groups excluding carboxylic acids is 1. The van der Waals surface area contributed by atoms with Crippen molar-refractivity contribution in [2.24, 2.45) is 0 Å². The predicted octanol–water partition coefficient (Wildman–Crippen LogP) is 3.07. The average Bonchev–Trinajstić information content (AvgIpc) is 3.21. The molecule has 2 fully saturated rings. The highest BCUT2D eigenvalue weighted by atomic mass is 32.2. The first-order valence-corrected chi connectivity index (χ1v) is 12.2. The molecule has 0 saturated carbocycles. The van der Waals surface area contributed by atoms with Crippen LogP contribution in [-0.4, -0.2) is 62.9 Å². The molecule has 1 aromatic carbocycles. The van der Waals surface area contributed by atoms with Gasteiger partial charge < -0.3 is 10.1 Å². The normalized spacial score (nSPS) is 19.5. The summed E-state index contributed by atoms with van der Waals surface area (Å²) in [6.07, 6.45) is 7.69. The maximum atomic E-state index is 13.1. The second-order valence-corrected chi connectivity index (χ2v) is 9.70. The van der Waals surface area contributed by atoms with E-state index in [1.807, 2.05) is 6.92 Å². The van der Waals surface area contributed by atoms with Crippen LogP contribution in [0.25, 0.3) is 0 Å². The smallest absolute Gasteiger partial charge is 0.246 e. The molecule has 2 aliphatic rings. The number of likely N-dealkylation sites (tertiary alicyclic amines) is 1. The summed E-state index contributed by atoms with van der Waals surface area (Å²) in [6, 6.07) is 4.88. The third kappa shape index (κ3) is 5.93. The number of hydrogen-bond donors (Lipinski definition) is 1. The molecule has 0 unspecified atom stereocenters. The van der Waals surface area contributed by atoms with Crippen molar-refractivity contribution in [3.05, 3.63) is 18.2 Å². The van der Waals surface area contributed by atoms with Gasteiger partial charge in [-0.3, -0.25) is 9.69 Å². The van der Waals surface area contributed by atoms with E-state index in [0.717, 1.165) is 38.8 Å². The molecule has 1 aromatic rings. The van der Waals surface area contributed by atoms with Crippen molar-refractivity contribution in [2.75, 3.05) is 44.6 Å². The number of hydrogen-bond acceptors (Lipinski definition) is 5. The van der Waals surface area contributed by atoms with Crippen LogP contribution in [0.1, 0.15) is 51.9 Å². The summed E-state index contributed by atoms with van der Waals surface area (Å²) in [4.78, 5) is 14.9. The van der Waals surface area contributed by atoms with Crippen LogP contribution in [0.5, 0.6) is 5.75 Å². The number of carbonyl (C=O) groups is 1. The lowest BCUT2D eigenvalue weighted by Crippen LogP contribution is -2.35. The minimum absolute atomic E-state index is 0.112. The Morgan fingerprint density at radius 1 is 1.00 bits per heavy atom. The molecule has 2 saturated heterocycles.